The number of benzene rings is 1. The summed E-state index contributed by atoms with van der Waals surface area (Å²) in [6, 6.07) is 8.98. The van der Waals surface area contributed by atoms with Crippen LogP contribution in [0.2, 0.25) is 0 Å². The van der Waals surface area contributed by atoms with Gasteiger partial charge in [-0.2, -0.15) is 4.99 Å². The molecule has 0 saturated heterocycles. The second kappa shape index (κ2) is 7.50. The first-order valence-electron chi connectivity index (χ1n) is 3.14. The molecule has 0 spiro atoms. The van der Waals surface area contributed by atoms with Gasteiger partial charge in [0.25, 0.3) is 0 Å². The van der Waals surface area contributed by atoms with Gasteiger partial charge in [0.1, 0.15) is 0 Å². The Morgan fingerprint density at radius 1 is 1.23 bits per heavy atom. The highest BCUT2D eigenvalue weighted by atomic mass is 35.5. The Balaban J connectivity index is 0.000000310. The molecule has 0 N–H and O–H groups in total. The summed E-state index contributed by atoms with van der Waals surface area (Å²) in [7, 11) is 0. The summed E-state index contributed by atoms with van der Waals surface area (Å²) in [6.07, 6.45) is 1.46. The molecular formula is C8H5Cl2NO2. The molecule has 1 rings (SSSR count). The molecule has 0 saturated carbocycles. The molecule has 0 amide bonds. The lowest BCUT2D eigenvalue weighted by Gasteiger charge is -1.83. The highest BCUT2D eigenvalue weighted by Gasteiger charge is 1.80. The van der Waals surface area contributed by atoms with Crippen LogP contribution >= 0.6 is 23.2 Å². The van der Waals surface area contributed by atoms with Crippen LogP contribution in [0.5, 0.6) is 0 Å². The van der Waals surface area contributed by atoms with Gasteiger partial charge in [0.05, 0.1) is 5.69 Å². The van der Waals surface area contributed by atoms with E-state index in [-0.39, 0.29) is 0 Å². The normalized spacial score (nSPS) is 7.54. The van der Waals surface area contributed by atoms with Crippen LogP contribution in [0.3, 0.4) is 0 Å². The molecule has 0 bridgehead atoms. The largest absolute Gasteiger partial charge is 0.313 e. The Labute approximate surface area is 85.0 Å². The van der Waals surface area contributed by atoms with Gasteiger partial charge in [0.15, 0.2) is 0 Å². The molecule has 13 heavy (non-hydrogen) atoms. The fraction of sp³-hybridized carbons (Fsp3) is 0. The van der Waals surface area contributed by atoms with Gasteiger partial charge in [-0.25, -0.2) is 4.79 Å². The number of carbonyl (C=O) groups is 1. The maximum Gasteiger partial charge on any atom is 0.313 e. The Bertz CT molecular complexity index is 303. The summed E-state index contributed by atoms with van der Waals surface area (Å²) in [5.41, 5.74) is 0.646. The Morgan fingerprint density at radius 2 is 1.69 bits per heavy atom. The van der Waals surface area contributed by atoms with E-state index in [0.29, 0.717) is 5.69 Å². The zero-order chi connectivity index (χ0) is 10.1. The van der Waals surface area contributed by atoms with Crippen molar-refractivity contribution in [1.29, 1.82) is 0 Å². The van der Waals surface area contributed by atoms with Crippen LogP contribution in [0.1, 0.15) is 0 Å². The Kier molecular flexibility index (Phi) is 6.83. The minimum atomic E-state index is -0.889. The summed E-state index contributed by atoms with van der Waals surface area (Å²) in [5.74, 6) is 0. The van der Waals surface area contributed by atoms with Gasteiger partial charge in [-0.1, -0.05) is 18.2 Å². The molecule has 0 heterocycles. The van der Waals surface area contributed by atoms with Gasteiger partial charge >= 0.3 is 4.70 Å². The topological polar surface area (TPSA) is 46.5 Å². The van der Waals surface area contributed by atoms with Crippen molar-refractivity contribution < 1.29 is 9.59 Å². The standard InChI is InChI=1S/C7H5NO.CCl2O/c9-6-8-7-4-2-1-3-5-7;2-1(3)4/h1-5H;. The van der Waals surface area contributed by atoms with Gasteiger partial charge in [-0.15, -0.1) is 0 Å². The van der Waals surface area contributed by atoms with Crippen molar-refractivity contribution in [1.82, 2.24) is 0 Å². The van der Waals surface area contributed by atoms with Crippen molar-refractivity contribution in [2.24, 2.45) is 4.99 Å². The third-order valence-corrected chi connectivity index (χ3v) is 0.931. The number of halogens is 2. The van der Waals surface area contributed by atoms with Crippen molar-refractivity contribution in [2.75, 3.05) is 0 Å². The highest BCUT2D eigenvalue weighted by Crippen LogP contribution is 2.06. The molecule has 0 aliphatic carbocycles. The number of rotatable bonds is 1. The van der Waals surface area contributed by atoms with E-state index in [1.807, 2.05) is 18.2 Å². The lowest BCUT2D eigenvalue weighted by molar-refractivity contribution is 0.275. The zero-order valence-electron chi connectivity index (χ0n) is 6.41. The van der Waals surface area contributed by atoms with E-state index >= 15 is 0 Å². The second-order valence-electron chi connectivity index (χ2n) is 1.76. The number of para-hydroxylation sites is 1. The van der Waals surface area contributed by atoms with Gasteiger partial charge in [0.2, 0.25) is 6.08 Å². The molecule has 1 aromatic rings. The van der Waals surface area contributed by atoms with Crippen molar-refractivity contribution in [2.45, 2.75) is 0 Å². The average molecular weight is 218 g/mol. The number of hydrogen-bond acceptors (Lipinski definition) is 3. The van der Waals surface area contributed by atoms with Crippen molar-refractivity contribution in [3.63, 3.8) is 0 Å². The predicted octanol–water partition coefficient (Wildman–Crippen LogP) is 3.24. The van der Waals surface area contributed by atoms with E-state index in [4.69, 9.17) is 4.79 Å². The van der Waals surface area contributed by atoms with Crippen LogP contribution in [0.4, 0.5) is 10.5 Å². The third-order valence-electron chi connectivity index (χ3n) is 0.931. The van der Waals surface area contributed by atoms with Crippen LogP contribution in [0.25, 0.3) is 0 Å². The van der Waals surface area contributed by atoms with Crippen LogP contribution in [-0.2, 0) is 4.79 Å². The van der Waals surface area contributed by atoms with Gasteiger partial charge in [0, 0.05) is 0 Å². The molecule has 3 nitrogen and oxygen atoms in total. The molecule has 0 aromatic heterocycles. The number of nitrogens with zero attached hydrogens (tertiary/aromatic N) is 1. The van der Waals surface area contributed by atoms with E-state index < -0.39 is 4.70 Å². The minimum Gasteiger partial charge on any atom is -0.262 e. The first-order valence-corrected chi connectivity index (χ1v) is 3.90. The molecule has 1 aromatic carbocycles. The van der Waals surface area contributed by atoms with Crippen molar-refractivity contribution in [3.8, 4) is 0 Å². The van der Waals surface area contributed by atoms with Gasteiger partial charge < -0.3 is 0 Å². The summed E-state index contributed by atoms with van der Waals surface area (Å²) >= 11 is 8.80. The van der Waals surface area contributed by atoms with E-state index in [1.165, 1.54) is 6.08 Å². The molecule has 0 aliphatic rings. The van der Waals surface area contributed by atoms with Gasteiger partial charge in [-0.3, -0.25) is 4.79 Å². The number of isocyanates is 1. The zero-order valence-corrected chi connectivity index (χ0v) is 7.92. The molecular weight excluding hydrogens is 213 g/mol. The monoisotopic (exact) mass is 217 g/mol. The van der Waals surface area contributed by atoms with Crippen molar-refractivity contribution in [3.05, 3.63) is 30.3 Å². The van der Waals surface area contributed by atoms with Crippen LogP contribution < -0.4 is 0 Å². The first-order chi connectivity index (χ1) is 6.16. The molecule has 0 unspecified atom stereocenters. The highest BCUT2D eigenvalue weighted by molar-refractivity contribution is 6.93. The Morgan fingerprint density at radius 3 is 2.08 bits per heavy atom. The lowest BCUT2D eigenvalue weighted by atomic mass is 10.3. The minimum absolute atomic E-state index is 0.646. The fourth-order valence-corrected chi connectivity index (χ4v) is 0.555. The summed E-state index contributed by atoms with van der Waals surface area (Å²) in [6.45, 7) is 0. The van der Waals surface area contributed by atoms with Crippen LogP contribution in [-0.4, -0.2) is 10.8 Å². The predicted molar refractivity (Wildman–Crippen MR) is 51.3 cm³/mol. The molecule has 0 fully saturated rings. The fourth-order valence-electron chi connectivity index (χ4n) is 0.555. The number of hydrogen-bond donors (Lipinski definition) is 0. The average Bonchev–Trinajstić information content (AvgIpc) is 2.06. The summed E-state index contributed by atoms with van der Waals surface area (Å²) in [5, 5.41) is 0. The van der Waals surface area contributed by atoms with Gasteiger partial charge in [-0.05, 0) is 35.3 Å². The molecule has 0 radical (unpaired) electrons. The smallest absolute Gasteiger partial charge is 0.262 e. The third kappa shape index (κ3) is 8.76. The van der Waals surface area contributed by atoms with E-state index in [9.17, 15) is 4.79 Å². The van der Waals surface area contributed by atoms with E-state index in [2.05, 4.69) is 28.2 Å². The maximum atomic E-state index is 9.68. The van der Waals surface area contributed by atoms with Crippen LogP contribution in [0.15, 0.2) is 35.3 Å². The van der Waals surface area contributed by atoms with Crippen molar-refractivity contribution >= 4 is 39.7 Å². The van der Waals surface area contributed by atoms with E-state index in [0.717, 1.165) is 0 Å². The SMILES string of the molecule is O=C(Cl)Cl.O=C=Nc1ccccc1. The molecule has 68 valence electrons. The molecule has 0 atom stereocenters. The van der Waals surface area contributed by atoms with E-state index in [1.54, 1.807) is 12.1 Å². The molecule has 0 aliphatic heterocycles. The molecule has 5 heteroatoms. The summed E-state index contributed by atoms with van der Waals surface area (Å²) < 4.78 is -0.889. The lowest BCUT2D eigenvalue weighted by Crippen LogP contribution is -1.59. The summed E-state index contributed by atoms with van der Waals surface area (Å²) in [4.78, 5) is 22.1. The second-order valence-corrected chi connectivity index (χ2v) is 2.64. The van der Waals surface area contributed by atoms with Crippen LogP contribution in [0, 0.1) is 0 Å². The quantitative estimate of drug-likeness (QED) is 0.412. The number of carbonyl (C=O) groups excluding carboxylic acids is 2. The number of aliphatic imine (C=N–C) groups is 1. The Hall–Kier alpha value is -1.15. The maximum absolute atomic E-state index is 9.68. The first kappa shape index (κ1) is 11.8.